The van der Waals surface area contributed by atoms with Crippen LogP contribution in [0.2, 0.25) is 0 Å². The summed E-state index contributed by atoms with van der Waals surface area (Å²) in [4.78, 5) is 0. The van der Waals surface area contributed by atoms with E-state index in [2.05, 4.69) is 11.9 Å². The molecule has 0 aromatic rings. The van der Waals surface area contributed by atoms with Crippen LogP contribution in [-0.2, 0) is 0 Å². The van der Waals surface area contributed by atoms with Gasteiger partial charge in [0.05, 0.1) is 0 Å². The van der Waals surface area contributed by atoms with Crippen molar-refractivity contribution in [2.24, 2.45) is 0 Å². The van der Waals surface area contributed by atoms with Crippen LogP contribution in [0.3, 0.4) is 0 Å². The highest BCUT2D eigenvalue weighted by Crippen LogP contribution is 2.14. The number of aliphatic hydroxyl groups is 1. The maximum absolute atomic E-state index is 8.67. The number of hydrogen-bond donors (Lipinski definition) is 2. The summed E-state index contributed by atoms with van der Waals surface area (Å²) in [6.45, 7) is 14.9. The molecule has 0 aliphatic heterocycles. The fourth-order valence-corrected chi connectivity index (χ4v) is 1.29. The van der Waals surface area contributed by atoms with Gasteiger partial charge in [-0.3, -0.25) is 0 Å². The van der Waals surface area contributed by atoms with Gasteiger partial charge in [0.2, 0.25) is 0 Å². The van der Waals surface area contributed by atoms with Gasteiger partial charge in [-0.05, 0) is 38.3 Å². The quantitative estimate of drug-likeness (QED) is 0.536. The highest BCUT2D eigenvalue weighted by atomic mass is 16.3. The van der Waals surface area contributed by atoms with Crippen molar-refractivity contribution < 1.29 is 5.11 Å². The van der Waals surface area contributed by atoms with E-state index in [1.54, 1.807) is 0 Å². The molecule has 94 valence electrons. The molecule has 0 atom stereocenters. The van der Waals surface area contributed by atoms with Crippen LogP contribution in [0, 0.1) is 0 Å². The molecule has 0 fully saturated rings. The average molecular weight is 225 g/mol. The Balaban J connectivity index is 0. The van der Waals surface area contributed by atoms with E-state index in [-0.39, 0.29) is 6.61 Å². The lowest BCUT2D eigenvalue weighted by Crippen LogP contribution is -2.17. The van der Waals surface area contributed by atoms with Crippen molar-refractivity contribution in [1.82, 2.24) is 5.32 Å². The minimum absolute atomic E-state index is 0.224. The Bertz CT molecular complexity index is 239. The van der Waals surface area contributed by atoms with Gasteiger partial charge >= 0.3 is 0 Å². The van der Waals surface area contributed by atoms with Crippen molar-refractivity contribution >= 4 is 0 Å². The Kier molecular flexibility index (Phi) is 13.1. The van der Waals surface area contributed by atoms with E-state index < -0.39 is 0 Å². The molecule has 0 rings (SSSR count). The van der Waals surface area contributed by atoms with Gasteiger partial charge in [-0.15, -0.1) is 0 Å². The molecule has 0 saturated carbocycles. The topological polar surface area (TPSA) is 32.3 Å². The summed E-state index contributed by atoms with van der Waals surface area (Å²) in [7, 11) is 0. The molecule has 0 aliphatic rings. The predicted molar refractivity (Wildman–Crippen MR) is 73.4 cm³/mol. The summed E-state index contributed by atoms with van der Waals surface area (Å²) in [5, 5.41) is 11.9. The normalized spacial score (nSPS) is 11.6. The van der Waals surface area contributed by atoms with E-state index in [1.165, 1.54) is 0 Å². The molecule has 16 heavy (non-hydrogen) atoms. The van der Waals surface area contributed by atoms with Crippen LogP contribution >= 0.6 is 0 Å². The van der Waals surface area contributed by atoms with Gasteiger partial charge in [0.1, 0.15) is 0 Å². The van der Waals surface area contributed by atoms with Crippen LogP contribution in [0.25, 0.3) is 0 Å². The maximum atomic E-state index is 8.67. The highest BCUT2D eigenvalue weighted by molar-refractivity contribution is 5.42. The zero-order valence-electron chi connectivity index (χ0n) is 11.4. The Morgan fingerprint density at radius 1 is 1.25 bits per heavy atom. The minimum Gasteiger partial charge on any atom is -0.396 e. The zero-order valence-corrected chi connectivity index (χ0v) is 11.4. The number of rotatable bonds is 6. The lowest BCUT2D eigenvalue weighted by Gasteiger charge is -2.13. The third-order valence-corrected chi connectivity index (χ3v) is 1.98. The minimum atomic E-state index is 0.224. The maximum Gasteiger partial charge on any atom is 0.0447 e. The summed E-state index contributed by atoms with van der Waals surface area (Å²) in [6, 6.07) is 0. The standard InChI is InChI=1S/C12H21NO.C2H6/c1-5-11(10(3)4)12(6-2)13-8-7-9-14;1-2/h5-6,13-14H,3,7-9H2,1-2,4H3;1-2H3/b11-5-,12-6+;. The molecule has 0 spiro atoms. The first-order valence-electron chi connectivity index (χ1n) is 6.01. The summed E-state index contributed by atoms with van der Waals surface area (Å²) >= 11 is 0. The van der Waals surface area contributed by atoms with Gasteiger partial charge in [0, 0.05) is 18.8 Å². The molecular formula is C14H27NO. The Morgan fingerprint density at radius 3 is 2.12 bits per heavy atom. The second-order valence-electron chi connectivity index (χ2n) is 3.19. The summed E-state index contributed by atoms with van der Waals surface area (Å²) in [6.07, 6.45) is 4.84. The first-order valence-corrected chi connectivity index (χ1v) is 6.01. The van der Waals surface area contributed by atoms with Gasteiger partial charge in [0.15, 0.2) is 0 Å². The lowest BCUT2D eigenvalue weighted by molar-refractivity contribution is 0.288. The van der Waals surface area contributed by atoms with Crippen molar-refractivity contribution in [3.63, 3.8) is 0 Å². The van der Waals surface area contributed by atoms with Crippen LogP contribution < -0.4 is 5.32 Å². The van der Waals surface area contributed by atoms with Crippen LogP contribution in [0.5, 0.6) is 0 Å². The third kappa shape index (κ3) is 7.30. The fourth-order valence-electron chi connectivity index (χ4n) is 1.29. The smallest absolute Gasteiger partial charge is 0.0447 e. The van der Waals surface area contributed by atoms with Gasteiger partial charge in [-0.2, -0.15) is 0 Å². The van der Waals surface area contributed by atoms with Gasteiger partial charge < -0.3 is 10.4 Å². The van der Waals surface area contributed by atoms with Crippen molar-refractivity contribution in [3.05, 3.63) is 35.6 Å². The molecule has 2 heteroatoms. The largest absolute Gasteiger partial charge is 0.396 e. The second-order valence-corrected chi connectivity index (χ2v) is 3.19. The van der Waals surface area contributed by atoms with Crippen molar-refractivity contribution in [3.8, 4) is 0 Å². The molecule has 0 aromatic carbocycles. The molecule has 0 heterocycles. The SMILES string of the molecule is C=C(C)C(=C/C)/C(=C\C)NCCCO.CC. The number of nitrogens with one attached hydrogen (secondary N) is 1. The molecule has 0 aliphatic carbocycles. The summed E-state index contributed by atoms with van der Waals surface area (Å²) < 4.78 is 0. The van der Waals surface area contributed by atoms with Crippen molar-refractivity contribution in [2.75, 3.05) is 13.2 Å². The third-order valence-electron chi connectivity index (χ3n) is 1.98. The molecule has 0 radical (unpaired) electrons. The van der Waals surface area contributed by atoms with Gasteiger partial charge in [-0.25, -0.2) is 0 Å². The Labute approximate surface area is 101 Å². The van der Waals surface area contributed by atoms with E-state index >= 15 is 0 Å². The molecule has 0 bridgehead atoms. The van der Waals surface area contributed by atoms with Crippen LogP contribution in [0.4, 0.5) is 0 Å². The van der Waals surface area contributed by atoms with Crippen LogP contribution in [0.15, 0.2) is 35.6 Å². The Morgan fingerprint density at radius 2 is 1.81 bits per heavy atom. The molecule has 0 aromatic heterocycles. The van der Waals surface area contributed by atoms with Crippen LogP contribution in [-0.4, -0.2) is 18.3 Å². The molecule has 0 saturated heterocycles. The van der Waals surface area contributed by atoms with E-state index in [9.17, 15) is 0 Å². The van der Waals surface area contributed by atoms with Crippen molar-refractivity contribution in [1.29, 1.82) is 0 Å². The van der Waals surface area contributed by atoms with Gasteiger partial charge in [0.25, 0.3) is 0 Å². The molecular weight excluding hydrogens is 198 g/mol. The first-order chi connectivity index (χ1) is 7.67. The Hall–Kier alpha value is -1.02. The van der Waals surface area contributed by atoms with E-state index in [0.717, 1.165) is 29.8 Å². The van der Waals surface area contributed by atoms with Crippen molar-refractivity contribution in [2.45, 2.75) is 41.0 Å². The second kappa shape index (κ2) is 12.1. The van der Waals surface area contributed by atoms with Gasteiger partial charge in [-0.1, -0.05) is 32.6 Å². The lowest BCUT2D eigenvalue weighted by atomic mass is 10.1. The van der Waals surface area contributed by atoms with E-state index in [4.69, 9.17) is 5.11 Å². The average Bonchev–Trinajstić information content (AvgIpc) is 2.30. The number of aliphatic hydroxyl groups excluding tert-OH is 1. The highest BCUT2D eigenvalue weighted by Gasteiger charge is 2.02. The zero-order chi connectivity index (χ0) is 13.0. The fraction of sp³-hybridized carbons (Fsp3) is 0.571. The van der Waals surface area contributed by atoms with E-state index in [1.807, 2.05) is 46.8 Å². The van der Waals surface area contributed by atoms with E-state index in [0.29, 0.717) is 0 Å². The first kappa shape index (κ1) is 17.4. The molecule has 2 N–H and O–H groups in total. The monoisotopic (exact) mass is 225 g/mol. The summed E-state index contributed by atoms with van der Waals surface area (Å²) in [5.41, 5.74) is 3.29. The molecule has 2 nitrogen and oxygen atoms in total. The van der Waals surface area contributed by atoms with Crippen LogP contribution in [0.1, 0.15) is 41.0 Å². The number of allylic oxidation sites excluding steroid dienone is 3. The number of hydrogen-bond acceptors (Lipinski definition) is 2. The molecule has 0 unspecified atom stereocenters. The molecule has 0 amide bonds. The summed E-state index contributed by atoms with van der Waals surface area (Å²) in [5.74, 6) is 0. The predicted octanol–water partition coefficient (Wildman–Crippen LogP) is 3.41.